The SMILES string of the molecule is CC(=O)N(CCc1noc(C2CCC2)n1)C1CCN(Cc2cn(C)c3ccccc23)C1. The van der Waals surface area contributed by atoms with Crippen LogP contribution < -0.4 is 0 Å². The zero-order chi connectivity index (χ0) is 21.4. The highest BCUT2D eigenvalue weighted by molar-refractivity contribution is 5.83. The first-order chi connectivity index (χ1) is 15.1. The summed E-state index contributed by atoms with van der Waals surface area (Å²) in [5.41, 5.74) is 2.61. The second kappa shape index (κ2) is 8.46. The molecular weight excluding hydrogens is 390 g/mol. The molecule has 31 heavy (non-hydrogen) atoms. The molecule has 3 aromatic rings. The number of para-hydroxylation sites is 1. The van der Waals surface area contributed by atoms with Gasteiger partial charge in [0.2, 0.25) is 11.8 Å². The number of aryl methyl sites for hydroxylation is 1. The van der Waals surface area contributed by atoms with E-state index in [1.807, 2.05) is 4.90 Å². The summed E-state index contributed by atoms with van der Waals surface area (Å²) in [4.78, 5) is 21.4. The van der Waals surface area contributed by atoms with Crippen molar-refractivity contribution in [3.05, 3.63) is 47.7 Å². The van der Waals surface area contributed by atoms with Crippen molar-refractivity contribution in [1.29, 1.82) is 0 Å². The summed E-state index contributed by atoms with van der Waals surface area (Å²) in [6.07, 6.45) is 7.43. The fourth-order valence-corrected chi connectivity index (χ4v) is 5.01. The second-order valence-corrected chi connectivity index (χ2v) is 9.10. The third kappa shape index (κ3) is 4.11. The van der Waals surface area contributed by atoms with Crippen molar-refractivity contribution >= 4 is 16.8 Å². The van der Waals surface area contributed by atoms with Crippen molar-refractivity contribution in [3.8, 4) is 0 Å². The van der Waals surface area contributed by atoms with Gasteiger partial charge in [0.15, 0.2) is 5.82 Å². The highest BCUT2D eigenvalue weighted by Crippen LogP contribution is 2.35. The van der Waals surface area contributed by atoms with E-state index < -0.39 is 0 Å². The van der Waals surface area contributed by atoms with Crippen molar-refractivity contribution in [1.82, 2.24) is 24.5 Å². The van der Waals surface area contributed by atoms with E-state index in [1.54, 1.807) is 6.92 Å². The Morgan fingerprint density at radius 3 is 2.87 bits per heavy atom. The molecule has 1 saturated heterocycles. The largest absolute Gasteiger partial charge is 0.350 e. The Morgan fingerprint density at radius 2 is 2.10 bits per heavy atom. The minimum absolute atomic E-state index is 0.125. The summed E-state index contributed by atoms with van der Waals surface area (Å²) in [5, 5.41) is 5.46. The number of hydrogen-bond acceptors (Lipinski definition) is 5. The second-order valence-electron chi connectivity index (χ2n) is 9.10. The predicted molar refractivity (Wildman–Crippen MR) is 119 cm³/mol. The maximum Gasteiger partial charge on any atom is 0.229 e. The van der Waals surface area contributed by atoms with Gasteiger partial charge in [-0.25, -0.2) is 0 Å². The summed E-state index contributed by atoms with van der Waals surface area (Å²) in [6, 6.07) is 8.79. The average molecular weight is 422 g/mol. The Morgan fingerprint density at radius 1 is 1.26 bits per heavy atom. The van der Waals surface area contributed by atoms with Gasteiger partial charge in [0.25, 0.3) is 0 Å². The fraction of sp³-hybridized carbons (Fsp3) is 0.542. The number of carbonyl (C=O) groups excluding carboxylic acids is 1. The fourth-order valence-electron chi connectivity index (χ4n) is 5.01. The van der Waals surface area contributed by atoms with Gasteiger partial charge < -0.3 is 14.0 Å². The molecule has 1 saturated carbocycles. The number of nitrogens with zero attached hydrogens (tertiary/aromatic N) is 5. The Bertz CT molecular complexity index is 1070. The monoisotopic (exact) mass is 421 g/mol. The Balaban J connectivity index is 1.20. The van der Waals surface area contributed by atoms with Crippen LogP contribution in [0.4, 0.5) is 0 Å². The first-order valence-electron chi connectivity index (χ1n) is 11.4. The molecule has 3 heterocycles. The van der Waals surface area contributed by atoms with E-state index in [0.717, 1.165) is 50.6 Å². The van der Waals surface area contributed by atoms with Crippen LogP contribution in [-0.2, 0) is 24.8 Å². The maximum absolute atomic E-state index is 12.4. The zero-order valence-electron chi connectivity index (χ0n) is 18.5. The van der Waals surface area contributed by atoms with Crippen molar-refractivity contribution in [3.63, 3.8) is 0 Å². The van der Waals surface area contributed by atoms with Gasteiger partial charge in [-0.1, -0.05) is 29.8 Å². The van der Waals surface area contributed by atoms with Gasteiger partial charge in [0.1, 0.15) is 0 Å². The molecule has 5 rings (SSSR count). The number of amides is 1. The minimum Gasteiger partial charge on any atom is -0.350 e. The first-order valence-corrected chi connectivity index (χ1v) is 11.4. The van der Waals surface area contributed by atoms with Gasteiger partial charge in [0.05, 0.1) is 0 Å². The number of rotatable bonds is 7. The lowest BCUT2D eigenvalue weighted by Crippen LogP contribution is -2.42. The molecule has 1 aliphatic heterocycles. The van der Waals surface area contributed by atoms with Gasteiger partial charge in [-0.05, 0) is 30.9 Å². The standard InChI is InChI=1S/C24H31N5O2/c1-17(30)29(13-11-23-25-24(31-26-23)18-6-5-7-18)20-10-12-28(16-20)15-19-14-27(2)22-9-4-3-8-21(19)22/h3-4,8-9,14,18,20H,5-7,10-13,15-16H2,1-2H3. The first kappa shape index (κ1) is 20.2. The highest BCUT2D eigenvalue weighted by Gasteiger charge is 2.30. The molecule has 0 spiro atoms. The van der Waals surface area contributed by atoms with Gasteiger partial charge in [-0.15, -0.1) is 0 Å². The molecule has 164 valence electrons. The van der Waals surface area contributed by atoms with Crippen molar-refractivity contribution in [2.75, 3.05) is 19.6 Å². The van der Waals surface area contributed by atoms with E-state index in [-0.39, 0.29) is 11.9 Å². The number of hydrogen-bond donors (Lipinski definition) is 0. The van der Waals surface area contributed by atoms with Crippen molar-refractivity contribution < 1.29 is 9.32 Å². The predicted octanol–water partition coefficient (Wildman–Crippen LogP) is 3.49. The molecule has 1 atom stereocenters. The number of carbonyl (C=O) groups is 1. The number of benzene rings is 1. The molecule has 0 bridgehead atoms. The van der Waals surface area contributed by atoms with Crippen molar-refractivity contribution in [2.24, 2.45) is 7.05 Å². The van der Waals surface area contributed by atoms with E-state index in [0.29, 0.717) is 18.9 Å². The number of aromatic nitrogens is 3. The molecule has 0 N–H and O–H groups in total. The summed E-state index contributed by atoms with van der Waals surface area (Å²) < 4.78 is 7.63. The van der Waals surface area contributed by atoms with Crippen LogP contribution in [0.15, 0.2) is 35.0 Å². The zero-order valence-corrected chi connectivity index (χ0v) is 18.5. The van der Waals surface area contributed by atoms with Gasteiger partial charge in [-0.2, -0.15) is 4.98 Å². The van der Waals surface area contributed by atoms with Crippen LogP contribution in [0.2, 0.25) is 0 Å². The summed E-state index contributed by atoms with van der Waals surface area (Å²) in [7, 11) is 2.10. The molecule has 2 aliphatic rings. The van der Waals surface area contributed by atoms with E-state index in [1.165, 1.54) is 22.9 Å². The van der Waals surface area contributed by atoms with Crippen LogP contribution in [0.1, 0.15) is 55.8 Å². The van der Waals surface area contributed by atoms with Crippen LogP contribution >= 0.6 is 0 Å². The molecule has 1 unspecified atom stereocenters. The number of likely N-dealkylation sites (tertiary alicyclic amines) is 1. The van der Waals surface area contributed by atoms with Gasteiger partial charge in [-0.3, -0.25) is 9.69 Å². The molecule has 2 fully saturated rings. The highest BCUT2D eigenvalue weighted by atomic mass is 16.5. The van der Waals surface area contributed by atoms with Gasteiger partial charge >= 0.3 is 0 Å². The lowest BCUT2D eigenvalue weighted by molar-refractivity contribution is -0.130. The van der Waals surface area contributed by atoms with Gasteiger partial charge in [0, 0.05) is 75.6 Å². The molecule has 1 amide bonds. The van der Waals surface area contributed by atoms with E-state index in [2.05, 4.69) is 57.1 Å². The average Bonchev–Trinajstić information content (AvgIpc) is 3.42. The van der Waals surface area contributed by atoms with Crippen LogP contribution in [0.3, 0.4) is 0 Å². The van der Waals surface area contributed by atoms with Crippen LogP contribution in [0, 0.1) is 0 Å². The summed E-state index contributed by atoms with van der Waals surface area (Å²) in [6.45, 7) is 5.14. The molecular formula is C24H31N5O2. The Kier molecular flexibility index (Phi) is 5.52. The molecule has 2 aromatic heterocycles. The number of fused-ring (bicyclic) bond motifs is 1. The van der Waals surface area contributed by atoms with E-state index in [4.69, 9.17) is 4.52 Å². The van der Waals surface area contributed by atoms with E-state index in [9.17, 15) is 4.79 Å². The Labute approximate surface area is 183 Å². The Hall–Kier alpha value is -2.67. The lowest BCUT2D eigenvalue weighted by atomic mass is 9.85. The molecule has 0 radical (unpaired) electrons. The summed E-state index contributed by atoms with van der Waals surface area (Å²) in [5.74, 6) is 2.07. The molecule has 1 aliphatic carbocycles. The minimum atomic E-state index is 0.125. The smallest absolute Gasteiger partial charge is 0.229 e. The van der Waals surface area contributed by atoms with Crippen LogP contribution in [0.25, 0.3) is 10.9 Å². The summed E-state index contributed by atoms with van der Waals surface area (Å²) >= 11 is 0. The molecule has 1 aromatic carbocycles. The molecule has 7 nitrogen and oxygen atoms in total. The quantitative estimate of drug-likeness (QED) is 0.584. The normalized spacial score (nSPS) is 19.7. The topological polar surface area (TPSA) is 67.4 Å². The van der Waals surface area contributed by atoms with E-state index >= 15 is 0 Å². The van der Waals surface area contributed by atoms with Crippen LogP contribution in [0.5, 0.6) is 0 Å². The molecule has 7 heteroatoms. The van der Waals surface area contributed by atoms with Crippen LogP contribution in [-0.4, -0.2) is 56.1 Å². The van der Waals surface area contributed by atoms with Crippen molar-refractivity contribution in [2.45, 2.75) is 57.5 Å². The lowest BCUT2D eigenvalue weighted by Gasteiger charge is -2.28. The maximum atomic E-state index is 12.4. The third-order valence-electron chi connectivity index (χ3n) is 6.98. The third-order valence-corrected chi connectivity index (χ3v) is 6.98.